The molecule has 1 heterocycles. The second-order valence-corrected chi connectivity index (χ2v) is 27.2. The molecule has 524 valence electrons. The quantitative estimate of drug-likeness (QED) is 0.115. The third-order valence-electron chi connectivity index (χ3n) is 17.4. The molecule has 25 nitrogen and oxygen atoms in total. The predicted octanol–water partition coefficient (Wildman–Crippen LogP) is 3.48. The van der Waals surface area contributed by atoms with Gasteiger partial charge in [0.2, 0.25) is 65.0 Å². The lowest BCUT2D eigenvalue weighted by Crippen LogP contribution is -2.63. The minimum absolute atomic E-state index is 0.0266. The third kappa shape index (κ3) is 22.9. The number of carbonyl (C=O) groups is 12. The van der Waals surface area contributed by atoms with Crippen molar-refractivity contribution in [3.63, 3.8) is 0 Å². The van der Waals surface area contributed by atoms with E-state index in [2.05, 4.69) is 21.3 Å². The second kappa shape index (κ2) is 37.5. The van der Waals surface area contributed by atoms with Gasteiger partial charge in [0.25, 0.3) is 0 Å². The van der Waals surface area contributed by atoms with Crippen molar-refractivity contribution in [1.29, 1.82) is 0 Å². The first-order valence-electron chi connectivity index (χ1n) is 32.9. The first-order valence-corrected chi connectivity index (χ1v) is 32.9. The number of likely N-dealkylation sites (N-methyl/N-ethyl adjacent to an activating group) is 7. The van der Waals surface area contributed by atoms with Crippen LogP contribution in [0.1, 0.15) is 154 Å². The van der Waals surface area contributed by atoms with E-state index in [1.807, 2.05) is 41.5 Å². The number of allylic oxidation sites excluding steroid dienone is 2. The number of nitrogens with one attached hydrogen (secondary N) is 4. The maximum Gasteiger partial charge on any atom is 0.307 e. The zero-order valence-electron chi connectivity index (χ0n) is 59.6. The minimum atomic E-state index is -1.65. The molecule has 0 spiro atoms. The number of hydrogen-bond donors (Lipinski definition) is 6. The Morgan fingerprint density at radius 1 is 0.538 bits per heavy atom. The number of hydrogen-bond acceptors (Lipinski definition) is 13. The Hall–Kier alpha value is -7.44. The van der Waals surface area contributed by atoms with Crippen LogP contribution in [0.5, 0.6) is 0 Å². The number of carboxylic acid groups (broad SMARTS) is 1. The summed E-state index contributed by atoms with van der Waals surface area (Å²) in [5.74, 6) is -11.4. The maximum atomic E-state index is 15.2. The molecule has 1 aliphatic rings. The fraction of sp³-hybridized carbons (Fsp3) is 0.706. The SMILES string of the molecule is C/C=C/C[C@@H](C)[C@@H](O)[C@H]1C(=O)NC(CC)C(=O)N(C)CC(=O)N(CC)C(Cc2ccc(CC(=O)O)cc2)C(=O)N[C@@H](C(C)C)C(=O)N(C)[C@@H](CC(C)C)C(=O)N[C@@H](C)C(=O)N[C@H](C)C(=O)N(C)[C@@H](CC(C)C)C(=O)N(C)[C@@H](CC(C)C)C(=O)N(C)[C@@H](C(C)C)C(=O)N1C. The molecule has 0 aliphatic carbocycles. The zero-order valence-corrected chi connectivity index (χ0v) is 59.6. The molecule has 0 radical (unpaired) electrons. The number of aliphatic carboxylic acids is 1. The van der Waals surface area contributed by atoms with Crippen LogP contribution >= 0.6 is 0 Å². The second-order valence-electron chi connectivity index (χ2n) is 27.2. The van der Waals surface area contributed by atoms with Crippen LogP contribution in [-0.2, 0) is 70.4 Å². The fourth-order valence-electron chi connectivity index (χ4n) is 11.7. The van der Waals surface area contributed by atoms with Crippen molar-refractivity contribution in [3.8, 4) is 0 Å². The summed E-state index contributed by atoms with van der Waals surface area (Å²) in [6.45, 7) is 26.8. The number of benzene rings is 1. The van der Waals surface area contributed by atoms with E-state index in [0.29, 0.717) is 11.1 Å². The number of carbonyl (C=O) groups excluding carboxylic acids is 11. The van der Waals surface area contributed by atoms with Gasteiger partial charge in [-0.1, -0.05) is 120 Å². The molecule has 1 aliphatic heterocycles. The Kier molecular flexibility index (Phi) is 32.9. The fourth-order valence-corrected chi connectivity index (χ4v) is 11.7. The highest BCUT2D eigenvalue weighted by molar-refractivity contribution is 5.99. The molecule has 12 atom stereocenters. The maximum absolute atomic E-state index is 15.2. The molecule has 25 heteroatoms. The van der Waals surface area contributed by atoms with E-state index in [1.54, 1.807) is 91.8 Å². The summed E-state index contributed by atoms with van der Waals surface area (Å²) in [5, 5.41) is 32.6. The Morgan fingerprint density at radius 2 is 1.00 bits per heavy atom. The molecule has 93 heavy (non-hydrogen) atoms. The first kappa shape index (κ1) is 81.7. The van der Waals surface area contributed by atoms with Crippen LogP contribution in [0.25, 0.3) is 0 Å². The van der Waals surface area contributed by atoms with Crippen LogP contribution in [0.2, 0.25) is 0 Å². The van der Waals surface area contributed by atoms with Crippen molar-refractivity contribution in [3.05, 3.63) is 47.5 Å². The molecule has 1 aromatic rings. The zero-order chi connectivity index (χ0) is 71.4. The highest BCUT2D eigenvalue weighted by Crippen LogP contribution is 2.26. The Morgan fingerprint density at radius 3 is 1.47 bits per heavy atom. The molecular formula is C68H113N11O14. The van der Waals surface area contributed by atoms with E-state index in [-0.39, 0.29) is 69.2 Å². The van der Waals surface area contributed by atoms with E-state index < -0.39 is 162 Å². The van der Waals surface area contributed by atoms with Gasteiger partial charge < -0.3 is 65.8 Å². The third-order valence-corrected chi connectivity index (χ3v) is 17.4. The summed E-state index contributed by atoms with van der Waals surface area (Å²) in [5.41, 5.74) is 0.986. The lowest BCUT2D eigenvalue weighted by Gasteiger charge is -2.41. The molecule has 6 N–H and O–H groups in total. The number of nitrogens with zero attached hydrogens (tertiary/aromatic N) is 7. The number of aliphatic hydroxyl groups excluding tert-OH is 1. The molecule has 2 unspecified atom stereocenters. The van der Waals surface area contributed by atoms with Crippen molar-refractivity contribution < 1.29 is 67.7 Å². The van der Waals surface area contributed by atoms with Crippen molar-refractivity contribution in [2.24, 2.45) is 35.5 Å². The molecule has 2 rings (SSSR count). The van der Waals surface area contributed by atoms with Gasteiger partial charge in [0.15, 0.2) is 0 Å². The van der Waals surface area contributed by atoms with Crippen LogP contribution in [0.15, 0.2) is 36.4 Å². The molecule has 11 amide bonds. The van der Waals surface area contributed by atoms with Crippen LogP contribution in [0, 0.1) is 35.5 Å². The van der Waals surface area contributed by atoms with E-state index in [9.17, 15) is 48.6 Å². The molecule has 1 aromatic carbocycles. The van der Waals surface area contributed by atoms with Gasteiger partial charge in [-0.3, -0.25) is 57.5 Å². The summed E-state index contributed by atoms with van der Waals surface area (Å²) in [6, 6.07) is -6.59. The summed E-state index contributed by atoms with van der Waals surface area (Å²) >= 11 is 0. The number of rotatable bonds is 18. The van der Waals surface area contributed by atoms with Crippen LogP contribution in [0.3, 0.4) is 0 Å². The van der Waals surface area contributed by atoms with Crippen molar-refractivity contribution >= 4 is 70.9 Å². The molecule has 0 saturated carbocycles. The summed E-state index contributed by atoms with van der Waals surface area (Å²) in [4.78, 5) is 182. The average molecular weight is 1310 g/mol. The molecule has 0 bridgehead atoms. The number of carboxylic acids is 1. The van der Waals surface area contributed by atoms with Crippen molar-refractivity contribution in [1.82, 2.24) is 55.6 Å². The van der Waals surface area contributed by atoms with Gasteiger partial charge in [-0.25, -0.2) is 0 Å². The van der Waals surface area contributed by atoms with E-state index in [4.69, 9.17) is 0 Å². The number of aliphatic hydroxyl groups is 1. The number of amides is 11. The molecule has 0 aromatic heterocycles. The minimum Gasteiger partial charge on any atom is -0.481 e. The van der Waals surface area contributed by atoms with E-state index >= 15 is 19.2 Å². The molecule has 1 fully saturated rings. The topological polar surface area (TPSA) is 316 Å². The Balaban J connectivity index is 3.06. The van der Waals surface area contributed by atoms with Crippen molar-refractivity contribution in [2.75, 3.05) is 55.4 Å². The summed E-state index contributed by atoms with van der Waals surface area (Å²) in [6.07, 6.45) is 2.23. The van der Waals surface area contributed by atoms with Gasteiger partial charge in [-0.05, 0) is 106 Å². The van der Waals surface area contributed by atoms with Gasteiger partial charge in [-0.2, -0.15) is 0 Å². The van der Waals surface area contributed by atoms with Gasteiger partial charge >= 0.3 is 5.97 Å². The van der Waals surface area contributed by atoms with Crippen molar-refractivity contribution in [2.45, 2.75) is 222 Å². The summed E-state index contributed by atoms with van der Waals surface area (Å²) < 4.78 is 0. The van der Waals surface area contributed by atoms with Gasteiger partial charge in [-0.15, -0.1) is 0 Å². The predicted molar refractivity (Wildman–Crippen MR) is 355 cm³/mol. The van der Waals surface area contributed by atoms with Crippen LogP contribution in [0.4, 0.5) is 0 Å². The van der Waals surface area contributed by atoms with Gasteiger partial charge in [0.1, 0.15) is 60.4 Å². The monoisotopic (exact) mass is 1310 g/mol. The van der Waals surface area contributed by atoms with Crippen LogP contribution in [-0.4, -0.2) is 237 Å². The lowest BCUT2D eigenvalue weighted by atomic mass is 9.91. The highest BCUT2D eigenvalue weighted by atomic mass is 16.4. The lowest BCUT2D eigenvalue weighted by molar-refractivity contribution is -0.157. The average Bonchev–Trinajstić information content (AvgIpc) is 1.10. The molecule has 1 saturated heterocycles. The normalized spacial score (nSPS) is 25.5. The molecular weight excluding hydrogens is 1190 g/mol. The van der Waals surface area contributed by atoms with E-state index in [1.165, 1.54) is 80.6 Å². The van der Waals surface area contributed by atoms with Gasteiger partial charge in [0.05, 0.1) is 19.1 Å². The Bertz CT molecular complexity index is 2770. The standard InChI is InChI=1S/C68H113N11O14/c1-23-26-27-43(14)58(83)57-62(87)71-48(24-2)64(89)73(17)37-53(80)79(25-3)50(35-46-28-30-47(31-29-46)36-54(81)82)61(86)72-55(41(10)11)67(92)74(18)49(32-38(4)5)60(85)69-44(15)59(84)70-45(16)63(88)75(19)51(33-39(6)7)65(90)76(20)52(34-40(8)9)66(91)77(21)56(42(12)13)68(93)78(57)22/h23,26,28-31,38-45,48-52,55-58,83H,24-25,27,32-37H2,1-22H3,(H,69,85)(H,70,84)(H,71,87)(H,72,86)(H,81,82)/b26-23+/t43-,44+,45-,48?,49+,50?,51+,52+,55+,56+,57+,58-/m1/s1. The first-order chi connectivity index (χ1) is 43.2. The Labute approximate surface area is 552 Å². The van der Waals surface area contributed by atoms with Gasteiger partial charge in [0, 0.05) is 55.3 Å². The van der Waals surface area contributed by atoms with E-state index in [0.717, 1.165) is 9.80 Å². The largest absolute Gasteiger partial charge is 0.481 e. The smallest absolute Gasteiger partial charge is 0.307 e. The highest BCUT2D eigenvalue weighted by Gasteiger charge is 2.46. The van der Waals surface area contributed by atoms with Crippen LogP contribution < -0.4 is 21.3 Å². The summed E-state index contributed by atoms with van der Waals surface area (Å²) in [7, 11) is 8.38.